The van der Waals surface area contributed by atoms with Gasteiger partial charge in [-0.25, -0.2) is 0 Å². The summed E-state index contributed by atoms with van der Waals surface area (Å²) in [5, 5.41) is 4.07. The van der Waals surface area contributed by atoms with E-state index in [9.17, 15) is 4.79 Å². The lowest BCUT2D eigenvalue weighted by molar-refractivity contribution is -0.121. The number of aromatic nitrogens is 1. The van der Waals surface area contributed by atoms with Gasteiger partial charge in [-0.15, -0.1) is 0 Å². The number of rotatable bonds is 8. The van der Waals surface area contributed by atoms with E-state index >= 15 is 0 Å². The molecular formula is C23H26N2O4. The zero-order valence-electron chi connectivity index (χ0n) is 16.8. The van der Waals surface area contributed by atoms with Gasteiger partial charge in [-0.2, -0.15) is 0 Å². The number of methoxy groups -OCH3 is 1. The lowest BCUT2D eigenvalue weighted by Gasteiger charge is -2.19. The highest BCUT2D eigenvalue weighted by Gasteiger charge is 2.28. The average molecular weight is 394 g/mol. The molecule has 0 fully saturated rings. The van der Waals surface area contributed by atoms with Gasteiger partial charge in [-0.1, -0.05) is 37.3 Å². The Balaban J connectivity index is 1.75. The highest BCUT2D eigenvalue weighted by Crippen LogP contribution is 2.44. The first-order chi connectivity index (χ1) is 14.2. The minimum atomic E-state index is -0.157. The van der Waals surface area contributed by atoms with Crippen LogP contribution in [0.15, 0.2) is 42.6 Å². The van der Waals surface area contributed by atoms with Crippen LogP contribution in [0.25, 0.3) is 10.9 Å². The number of aromatic amines is 1. The lowest BCUT2D eigenvalue weighted by atomic mass is 9.86. The van der Waals surface area contributed by atoms with Crippen LogP contribution < -0.4 is 14.8 Å². The molecule has 152 valence electrons. The molecule has 29 heavy (non-hydrogen) atoms. The third kappa shape index (κ3) is 3.80. The fraction of sp³-hybridized carbons (Fsp3) is 0.348. The molecule has 0 bridgehead atoms. The van der Waals surface area contributed by atoms with Crippen LogP contribution in [0.5, 0.6) is 11.5 Å². The van der Waals surface area contributed by atoms with Crippen molar-refractivity contribution in [1.29, 1.82) is 0 Å². The molecule has 0 saturated heterocycles. The number of benzene rings is 2. The van der Waals surface area contributed by atoms with E-state index in [1.807, 2.05) is 24.4 Å². The Morgan fingerprint density at radius 3 is 2.90 bits per heavy atom. The number of fused-ring (bicyclic) bond motifs is 2. The molecule has 1 atom stereocenters. The number of amides is 1. The molecule has 2 heterocycles. The van der Waals surface area contributed by atoms with Gasteiger partial charge in [-0.05, 0) is 23.6 Å². The first-order valence-corrected chi connectivity index (χ1v) is 9.96. The number of ether oxygens (including phenoxy) is 3. The van der Waals surface area contributed by atoms with Crippen molar-refractivity contribution >= 4 is 16.8 Å². The molecule has 0 radical (unpaired) electrons. The van der Waals surface area contributed by atoms with E-state index in [1.165, 1.54) is 5.56 Å². The van der Waals surface area contributed by atoms with Gasteiger partial charge in [0.1, 0.15) is 0 Å². The van der Waals surface area contributed by atoms with Crippen LogP contribution in [-0.2, 0) is 16.0 Å². The quantitative estimate of drug-likeness (QED) is 0.571. The maximum Gasteiger partial charge on any atom is 0.231 e. The number of carbonyl (C=O) groups is 1. The molecular weight excluding hydrogens is 368 g/mol. The number of para-hydroxylation sites is 2. The molecule has 1 aromatic heterocycles. The van der Waals surface area contributed by atoms with E-state index in [-0.39, 0.29) is 18.6 Å². The monoisotopic (exact) mass is 394 g/mol. The predicted octanol–water partition coefficient (Wildman–Crippen LogP) is 3.74. The van der Waals surface area contributed by atoms with Crippen LogP contribution in [0, 0.1) is 0 Å². The van der Waals surface area contributed by atoms with Gasteiger partial charge in [0.05, 0.1) is 6.61 Å². The minimum Gasteiger partial charge on any atom is -0.454 e. The van der Waals surface area contributed by atoms with Crippen LogP contribution in [0.4, 0.5) is 0 Å². The molecule has 1 aliphatic rings. The van der Waals surface area contributed by atoms with Crippen molar-refractivity contribution in [2.24, 2.45) is 0 Å². The minimum absolute atomic E-state index is 0.0236. The molecule has 4 rings (SSSR count). The molecule has 6 heteroatoms. The normalized spacial score (nSPS) is 13.6. The molecule has 2 N–H and O–H groups in total. The first-order valence-electron chi connectivity index (χ1n) is 9.96. The fourth-order valence-corrected chi connectivity index (χ4v) is 3.99. The van der Waals surface area contributed by atoms with E-state index in [4.69, 9.17) is 14.2 Å². The van der Waals surface area contributed by atoms with Crippen molar-refractivity contribution in [3.63, 3.8) is 0 Å². The third-order valence-electron chi connectivity index (χ3n) is 5.41. The summed E-state index contributed by atoms with van der Waals surface area (Å²) in [4.78, 5) is 16.1. The van der Waals surface area contributed by atoms with Crippen LogP contribution >= 0.6 is 0 Å². The van der Waals surface area contributed by atoms with Gasteiger partial charge in [-0.3, -0.25) is 4.79 Å². The maximum atomic E-state index is 12.7. The Morgan fingerprint density at radius 2 is 2.07 bits per heavy atom. The molecule has 2 aromatic carbocycles. The van der Waals surface area contributed by atoms with Gasteiger partial charge < -0.3 is 24.5 Å². The van der Waals surface area contributed by atoms with Gasteiger partial charge in [0.25, 0.3) is 0 Å². The summed E-state index contributed by atoms with van der Waals surface area (Å²) >= 11 is 0. The Morgan fingerprint density at radius 1 is 1.21 bits per heavy atom. The number of hydrogen-bond acceptors (Lipinski definition) is 4. The summed E-state index contributed by atoms with van der Waals surface area (Å²) in [6.07, 6.45) is 3.27. The van der Waals surface area contributed by atoms with E-state index < -0.39 is 0 Å². The summed E-state index contributed by atoms with van der Waals surface area (Å²) < 4.78 is 16.4. The fourth-order valence-electron chi connectivity index (χ4n) is 3.99. The Bertz CT molecular complexity index is 1010. The molecule has 6 nitrogen and oxygen atoms in total. The zero-order valence-corrected chi connectivity index (χ0v) is 16.8. The molecule has 1 aliphatic heterocycles. The second-order valence-electron chi connectivity index (χ2n) is 7.12. The first kappa shape index (κ1) is 19.3. The number of nitrogens with one attached hydrogen (secondary N) is 2. The molecule has 0 spiro atoms. The van der Waals surface area contributed by atoms with Crippen molar-refractivity contribution in [2.45, 2.75) is 25.7 Å². The van der Waals surface area contributed by atoms with Gasteiger partial charge in [0.15, 0.2) is 11.5 Å². The van der Waals surface area contributed by atoms with E-state index in [1.54, 1.807) is 7.11 Å². The summed E-state index contributed by atoms with van der Waals surface area (Å²) in [5.41, 5.74) is 4.43. The highest BCUT2D eigenvalue weighted by molar-refractivity contribution is 5.88. The molecule has 0 unspecified atom stereocenters. The zero-order chi connectivity index (χ0) is 20.2. The largest absolute Gasteiger partial charge is 0.454 e. The smallest absolute Gasteiger partial charge is 0.231 e. The van der Waals surface area contributed by atoms with Crippen molar-refractivity contribution in [3.05, 3.63) is 59.3 Å². The number of H-pyrrole nitrogens is 1. The summed E-state index contributed by atoms with van der Waals surface area (Å²) in [7, 11) is 1.62. The molecule has 0 aliphatic carbocycles. The Kier molecular flexibility index (Phi) is 5.71. The standard InChI is InChI=1S/C23H26N2O4/c1-3-15-6-4-7-16-19(13-25-22(15)16)18(12-21(26)24-10-11-27-2)17-8-5-9-20-23(17)29-14-28-20/h4-9,13,18,25H,3,10-12,14H2,1-2H3,(H,24,26)/t18-/m0/s1. The third-order valence-corrected chi connectivity index (χ3v) is 5.41. The van der Waals surface area contributed by atoms with Gasteiger partial charge in [0.2, 0.25) is 12.7 Å². The van der Waals surface area contributed by atoms with Crippen LogP contribution in [-0.4, -0.2) is 37.9 Å². The number of aryl methyl sites for hydroxylation is 1. The molecule has 3 aromatic rings. The van der Waals surface area contributed by atoms with E-state index in [0.29, 0.717) is 19.6 Å². The topological polar surface area (TPSA) is 72.6 Å². The Hall–Kier alpha value is -2.99. The summed E-state index contributed by atoms with van der Waals surface area (Å²) in [6.45, 7) is 3.32. The Labute approximate surface area is 170 Å². The molecule has 1 amide bonds. The van der Waals surface area contributed by atoms with Crippen molar-refractivity contribution in [3.8, 4) is 11.5 Å². The maximum absolute atomic E-state index is 12.7. The lowest BCUT2D eigenvalue weighted by Crippen LogP contribution is -2.28. The van der Waals surface area contributed by atoms with Gasteiger partial charge >= 0.3 is 0 Å². The van der Waals surface area contributed by atoms with Crippen LogP contribution in [0.2, 0.25) is 0 Å². The molecule has 0 saturated carbocycles. The SMILES string of the molecule is CCc1cccc2c([C@@H](CC(=O)NCCOC)c3cccc4c3OCO4)c[nH]c12. The predicted molar refractivity (Wildman–Crippen MR) is 112 cm³/mol. The second-order valence-corrected chi connectivity index (χ2v) is 7.12. The van der Waals surface area contributed by atoms with E-state index in [0.717, 1.165) is 39.9 Å². The van der Waals surface area contributed by atoms with Gasteiger partial charge in [0, 0.05) is 48.7 Å². The number of hydrogen-bond donors (Lipinski definition) is 2. The van der Waals surface area contributed by atoms with E-state index in [2.05, 4.69) is 35.4 Å². The van der Waals surface area contributed by atoms with Crippen molar-refractivity contribution < 1.29 is 19.0 Å². The highest BCUT2D eigenvalue weighted by atomic mass is 16.7. The van der Waals surface area contributed by atoms with Crippen LogP contribution in [0.1, 0.15) is 36.0 Å². The number of carbonyl (C=O) groups excluding carboxylic acids is 1. The summed E-state index contributed by atoms with van der Waals surface area (Å²) in [6, 6.07) is 12.2. The van der Waals surface area contributed by atoms with Crippen LogP contribution in [0.3, 0.4) is 0 Å². The average Bonchev–Trinajstić information content (AvgIpc) is 3.39. The summed E-state index contributed by atoms with van der Waals surface area (Å²) in [5.74, 6) is 1.27. The van der Waals surface area contributed by atoms with Crippen molar-refractivity contribution in [2.75, 3.05) is 27.1 Å². The van der Waals surface area contributed by atoms with Crippen molar-refractivity contribution in [1.82, 2.24) is 10.3 Å². The second kappa shape index (κ2) is 8.57.